The smallest absolute Gasteiger partial charge is 0.298 e. The number of rotatable bonds is 6. The summed E-state index contributed by atoms with van der Waals surface area (Å²) in [7, 11) is 4.24. The zero-order valence-corrected chi connectivity index (χ0v) is 15.6. The van der Waals surface area contributed by atoms with E-state index in [0.29, 0.717) is 5.92 Å². The molecule has 1 aliphatic heterocycles. The zero-order valence-electron chi connectivity index (χ0n) is 15.6. The van der Waals surface area contributed by atoms with Gasteiger partial charge < -0.3 is 18.8 Å². The van der Waals surface area contributed by atoms with E-state index in [1.807, 2.05) is 30.5 Å². The summed E-state index contributed by atoms with van der Waals surface area (Å²) in [6.07, 6.45) is 7.49. The van der Waals surface area contributed by atoms with Crippen LogP contribution in [0.3, 0.4) is 0 Å². The molecule has 0 radical (unpaired) electrons. The van der Waals surface area contributed by atoms with Gasteiger partial charge in [-0.15, -0.1) is 0 Å². The molecule has 3 aromatic rings. The van der Waals surface area contributed by atoms with Crippen molar-refractivity contribution in [2.75, 3.05) is 38.6 Å². The summed E-state index contributed by atoms with van der Waals surface area (Å²) in [6.45, 7) is 4.02. The van der Waals surface area contributed by atoms with Gasteiger partial charge in [0.15, 0.2) is 5.58 Å². The van der Waals surface area contributed by atoms with Crippen LogP contribution in [0.25, 0.3) is 11.1 Å². The first-order valence-electron chi connectivity index (χ1n) is 9.47. The quantitative estimate of drug-likeness (QED) is 0.680. The van der Waals surface area contributed by atoms with Gasteiger partial charge in [0.25, 0.3) is 6.01 Å². The van der Waals surface area contributed by atoms with Crippen LogP contribution in [0.5, 0.6) is 0 Å². The largest absolute Gasteiger partial charge is 0.423 e. The second-order valence-corrected chi connectivity index (χ2v) is 7.38. The predicted molar refractivity (Wildman–Crippen MR) is 104 cm³/mol. The first-order valence-corrected chi connectivity index (χ1v) is 9.47. The number of fused-ring (bicyclic) bond motifs is 1. The molecular formula is C20H27N5O. The van der Waals surface area contributed by atoms with Crippen LogP contribution >= 0.6 is 0 Å². The Morgan fingerprint density at radius 2 is 2.15 bits per heavy atom. The molecule has 0 aliphatic carbocycles. The number of imidazole rings is 1. The number of hydrogen-bond donors (Lipinski definition) is 0. The molecule has 0 amide bonds. The molecule has 1 aliphatic rings. The molecule has 1 aromatic carbocycles. The van der Waals surface area contributed by atoms with Crippen molar-refractivity contribution in [3.8, 4) is 0 Å². The van der Waals surface area contributed by atoms with Gasteiger partial charge in [-0.1, -0.05) is 12.1 Å². The monoisotopic (exact) mass is 353 g/mol. The van der Waals surface area contributed by atoms with Crippen LogP contribution in [0.2, 0.25) is 0 Å². The maximum Gasteiger partial charge on any atom is 0.298 e. The molecule has 0 saturated carbocycles. The maximum atomic E-state index is 5.98. The third-order valence-corrected chi connectivity index (χ3v) is 5.09. The number of hydrogen-bond acceptors (Lipinski definition) is 5. The van der Waals surface area contributed by atoms with Crippen molar-refractivity contribution in [2.45, 2.75) is 31.7 Å². The van der Waals surface area contributed by atoms with Crippen molar-refractivity contribution in [1.29, 1.82) is 0 Å². The fourth-order valence-electron chi connectivity index (χ4n) is 3.78. The molecule has 0 N–H and O–H groups in total. The van der Waals surface area contributed by atoms with Crippen LogP contribution in [-0.4, -0.2) is 53.2 Å². The van der Waals surface area contributed by atoms with Gasteiger partial charge in [0.2, 0.25) is 0 Å². The van der Waals surface area contributed by atoms with Crippen molar-refractivity contribution in [2.24, 2.45) is 0 Å². The Bertz CT molecular complexity index is 820. The summed E-state index contributed by atoms with van der Waals surface area (Å²) in [5.41, 5.74) is 1.78. The lowest BCUT2D eigenvalue weighted by Crippen LogP contribution is -2.35. The molecule has 0 bridgehead atoms. The van der Waals surface area contributed by atoms with Gasteiger partial charge in [-0.3, -0.25) is 0 Å². The SMILES string of the molecule is CN(C)CCCn1ccnc1C1CCCN(c2nc3ccccc3o2)C1. The van der Waals surface area contributed by atoms with Gasteiger partial charge in [-0.25, -0.2) is 4.98 Å². The predicted octanol–water partition coefficient (Wildman–Crippen LogP) is 3.36. The molecule has 1 atom stereocenters. The van der Waals surface area contributed by atoms with E-state index in [0.717, 1.165) is 56.1 Å². The highest BCUT2D eigenvalue weighted by Crippen LogP contribution is 2.30. The van der Waals surface area contributed by atoms with Crippen molar-refractivity contribution >= 4 is 17.1 Å². The highest BCUT2D eigenvalue weighted by atomic mass is 16.4. The van der Waals surface area contributed by atoms with Crippen LogP contribution in [0.15, 0.2) is 41.1 Å². The Kier molecular flexibility index (Phi) is 4.93. The van der Waals surface area contributed by atoms with Crippen molar-refractivity contribution in [3.05, 3.63) is 42.5 Å². The van der Waals surface area contributed by atoms with E-state index in [1.165, 1.54) is 12.2 Å². The van der Waals surface area contributed by atoms with E-state index in [4.69, 9.17) is 4.42 Å². The Labute approximate surface area is 154 Å². The summed E-state index contributed by atoms with van der Waals surface area (Å²) in [5.74, 6) is 1.62. The molecule has 1 fully saturated rings. The summed E-state index contributed by atoms with van der Waals surface area (Å²) in [5, 5.41) is 0. The third kappa shape index (κ3) is 3.60. The van der Waals surface area contributed by atoms with Crippen LogP contribution in [0, 0.1) is 0 Å². The number of nitrogens with zero attached hydrogens (tertiary/aromatic N) is 5. The second kappa shape index (κ2) is 7.50. The highest BCUT2D eigenvalue weighted by Gasteiger charge is 2.27. The molecule has 6 nitrogen and oxygen atoms in total. The minimum atomic E-state index is 0.424. The second-order valence-electron chi connectivity index (χ2n) is 7.38. The molecule has 4 rings (SSSR count). The summed E-state index contributed by atoms with van der Waals surface area (Å²) >= 11 is 0. The number of oxazole rings is 1. The number of aryl methyl sites for hydroxylation is 1. The standard InChI is InChI=1S/C20H27N5O/c1-23(2)11-6-13-24-14-10-21-19(24)16-7-5-12-25(15-16)20-22-17-8-3-4-9-18(17)26-20/h3-4,8-10,14,16H,5-7,11-13,15H2,1-2H3. The fraction of sp³-hybridized carbons (Fsp3) is 0.500. The lowest BCUT2D eigenvalue weighted by atomic mass is 9.97. The van der Waals surface area contributed by atoms with Crippen LogP contribution < -0.4 is 4.90 Å². The molecular weight excluding hydrogens is 326 g/mol. The number of para-hydroxylation sites is 2. The molecule has 2 aromatic heterocycles. The Morgan fingerprint density at radius 3 is 3.00 bits per heavy atom. The Hall–Kier alpha value is -2.34. The lowest BCUT2D eigenvalue weighted by Gasteiger charge is -2.31. The van der Waals surface area contributed by atoms with Gasteiger partial charge in [0, 0.05) is 37.9 Å². The van der Waals surface area contributed by atoms with E-state index in [1.54, 1.807) is 0 Å². The molecule has 26 heavy (non-hydrogen) atoms. The maximum absolute atomic E-state index is 5.98. The minimum absolute atomic E-state index is 0.424. The lowest BCUT2D eigenvalue weighted by molar-refractivity contribution is 0.379. The van der Waals surface area contributed by atoms with Gasteiger partial charge in [-0.2, -0.15) is 4.98 Å². The number of piperidine rings is 1. The molecule has 0 spiro atoms. The van der Waals surface area contributed by atoms with Gasteiger partial charge in [0.1, 0.15) is 11.3 Å². The average Bonchev–Trinajstić information content (AvgIpc) is 3.28. The first kappa shape index (κ1) is 17.1. The average molecular weight is 353 g/mol. The normalized spacial score (nSPS) is 18.1. The zero-order chi connectivity index (χ0) is 17.9. The molecule has 3 heterocycles. The topological polar surface area (TPSA) is 50.3 Å². The van der Waals surface area contributed by atoms with E-state index < -0.39 is 0 Å². The van der Waals surface area contributed by atoms with E-state index in [-0.39, 0.29) is 0 Å². The number of anilines is 1. The van der Waals surface area contributed by atoms with E-state index in [9.17, 15) is 0 Å². The van der Waals surface area contributed by atoms with Crippen molar-refractivity contribution in [3.63, 3.8) is 0 Å². The van der Waals surface area contributed by atoms with Gasteiger partial charge in [-0.05, 0) is 52.0 Å². The molecule has 1 unspecified atom stereocenters. The number of benzene rings is 1. The Balaban J connectivity index is 1.48. The fourth-order valence-corrected chi connectivity index (χ4v) is 3.78. The molecule has 138 valence electrons. The van der Waals surface area contributed by atoms with Gasteiger partial charge in [0.05, 0.1) is 0 Å². The van der Waals surface area contributed by atoms with Crippen LogP contribution in [0.1, 0.15) is 31.0 Å². The van der Waals surface area contributed by atoms with Crippen LogP contribution in [-0.2, 0) is 6.54 Å². The van der Waals surface area contributed by atoms with Crippen molar-refractivity contribution in [1.82, 2.24) is 19.4 Å². The third-order valence-electron chi connectivity index (χ3n) is 5.09. The summed E-state index contributed by atoms with van der Waals surface area (Å²) in [6, 6.07) is 8.70. The molecule has 1 saturated heterocycles. The highest BCUT2D eigenvalue weighted by molar-refractivity contribution is 5.74. The number of aromatic nitrogens is 3. The van der Waals surface area contributed by atoms with Gasteiger partial charge >= 0.3 is 0 Å². The summed E-state index contributed by atoms with van der Waals surface area (Å²) in [4.78, 5) is 13.8. The summed E-state index contributed by atoms with van der Waals surface area (Å²) < 4.78 is 8.30. The van der Waals surface area contributed by atoms with E-state index in [2.05, 4.69) is 44.6 Å². The first-order chi connectivity index (χ1) is 12.7. The van der Waals surface area contributed by atoms with E-state index >= 15 is 0 Å². The van der Waals surface area contributed by atoms with Crippen molar-refractivity contribution < 1.29 is 4.42 Å². The van der Waals surface area contributed by atoms with Crippen LogP contribution in [0.4, 0.5) is 6.01 Å². The minimum Gasteiger partial charge on any atom is -0.423 e. The Morgan fingerprint density at radius 1 is 1.27 bits per heavy atom. The molecule has 6 heteroatoms.